The summed E-state index contributed by atoms with van der Waals surface area (Å²) in [7, 11) is 0. The fraction of sp³-hybridized carbons (Fsp3) is 0.632. The fourth-order valence-corrected chi connectivity index (χ4v) is 3.35. The van der Waals surface area contributed by atoms with Gasteiger partial charge < -0.3 is 5.32 Å². The van der Waals surface area contributed by atoms with Crippen molar-refractivity contribution in [3.63, 3.8) is 0 Å². The van der Waals surface area contributed by atoms with Crippen LogP contribution >= 0.6 is 0 Å². The standard InChI is InChI=1S/C19H29N3O/c1-15-5-3-4-6-18(15)13-21-9-11-22(12-10-21)14-19(23)20-16(2)17-7-8-17/h3-6,16-17H,7-14H2,1-2H3,(H,20,23)/t16-/m1/s1. The van der Waals surface area contributed by atoms with E-state index in [2.05, 4.69) is 53.2 Å². The van der Waals surface area contributed by atoms with E-state index in [4.69, 9.17) is 0 Å². The first-order chi connectivity index (χ1) is 11.1. The Morgan fingerprint density at radius 2 is 1.83 bits per heavy atom. The van der Waals surface area contributed by atoms with Crippen LogP contribution in [0.2, 0.25) is 0 Å². The van der Waals surface area contributed by atoms with Crippen molar-refractivity contribution in [2.75, 3.05) is 32.7 Å². The molecule has 1 amide bonds. The zero-order chi connectivity index (χ0) is 16.2. The van der Waals surface area contributed by atoms with Crippen molar-refractivity contribution in [2.24, 2.45) is 5.92 Å². The smallest absolute Gasteiger partial charge is 0.234 e. The van der Waals surface area contributed by atoms with Crippen molar-refractivity contribution in [3.05, 3.63) is 35.4 Å². The molecule has 0 aromatic heterocycles. The average Bonchev–Trinajstić information content (AvgIpc) is 3.36. The van der Waals surface area contributed by atoms with Crippen LogP contribution in [0.4, 0.5) is 0 Å². The van der Waals surface area contributed by atoms with E-state index in [9.17, 15) is 4.79 Å². The fourth-order valence-electron chi connectivity index (χ4n) is 3.35. The number of piperazine rings is 1. The third kappa shape index (κ3) is 4.79. The third-order valence-corrected chi connectivity index (χ3v) is 5.21. The quantitative estimate of drug-likeness (QED) is 0.872. The molecule has 1 aromatic carbocycles. The maximum atomic E-state index is 12.1. The van der Waals surface area contributed by atoms with E-state index < -0.39 is 0 Å². The number of aryl methyl sites for hydroxylation is 1. The second-order valence-corrected chi connectivity index (χ2v) is 7.17. The molecule has 4 heteroatoms. The lowest BCUT2D eigenvalue weighted by molar-refractivity contribution is -0.123. The number of carbonyl (C=O) groups excluding carboxylic acids is 1. The normalized spacial score (nSPS) is 21.1. The molecule has 1 N–H and O–H groups in total. The summed E-state index contributed by atoms with van der Waals surface area (Å²) < 4.78 is 0. The highest BCUT2D eigenvalue weighted by atomic mass is 16.2. The van der Waals surface area contributed by atoms with Gasteiger partial charge in [-0.1, -0.05) is 24.3 Å². The van der Waals surface area contributed by atoms with Gasteiger partial charge in [0.05, 0.1) is 6.54 Å². The molecule has 1 saturated carbocycles. The predicted molar refractivity (Wildman–Crippen MR) is 93.2 cm³/mol. The average molecular weight is 315 g/mol. The van der Waals surface area contributed by atoms with Crippen LogP contribution in [0.1, 0.15) is 30.9 Å². The van der Waals surface area contributed by atoms with E-state index in [1.165, 1.54) is 24.0 Å². The summed E-state index contributed by atoms with van der Waals surface area (Å²) in [6.07, 6.45) is 2.55. The molecule has 1 saturated heterocycles. The van der Waals surface area contributed by atoms with Crippen LogP contribution in [0.25, 0.3) is 0 Å². The predicted octanol–water partition coefficient (Wildman–Crippen LogP) is 2.03. The van der Waals surface area contributed by atoms with Gasteiger partial charge in [0, 0.05) is 38.8 Å². The molecule has 23 heavy (non-hydrogen) atoms. The molecule has 1 atom stereocenters. The maximum absolute atomic E-state index is 12.1. The Morgan fingerprint density at radius 3 is 2.48 bits per heavy atom. The minimum absolute atomic E-state index is 0.191. The molecule has 3 rings (SSSR count). The molecule has 0 radical (unpaired) electrons. The number of nitrogens with one attached hydrogen (secondary N) is 1. The van der Waals surface area contributed by atoms with Crippen LogP contribution in [0.5, 0.6) is 0 Å². The van der Waals surface area contributed by atoms with Crippen molar-refractivity contribution in [3.8, 4) is 0 Å². The number of hydrogen-bond donors (Lipinski definition) is 1. The molecule has 0 bridgehead atoms. The highest BCUT2D eigenvalue weighted by molar-refractivity contribution is 5.78. The van der Waals surface area contributed by atoms with Gasteiger partial charge in [-0.05, 0) is 43.7 Å². The minimum Gasteiger partial charge on any atom is -0.352 e. The van der Waals surface area contributed by atoms with E-state index in [0.717, 1.165) is 38.6 Å². The number of hydrogen-bond acceptors (Lipinski definition) is 3. The largest absolute Gasteiger partial charge is 0.352 e. The lowest BCUT2D eigenvalue weighted by atomic mass is 10.1. The van der Waals surface area contributed by atoms with Crippen molar-refractivity contribution >= 4 is 5.91 Å². The number of rotatable bonds is 6. The van der Waals surface area contributed by atoms with Crippen molar-refractivity contribution in [1.29, 1.82) is 0 Å². The highest BCUT2D eigenvalue weighted by Gasteiger charge is 2.29. The Morgan fingerprint density at radius 1 is 1.17 bits per heavy atom. The SMILES string of the molecule is Cc1ccccc1CN1CCN(CC(=O)N[C@H](C)C2CC2)CC1. The van der Waals surface area contributed by atoms with Gasteiger partial charge in [-0.25, -0.2) is 0 Å². The first kappa shape index (κ1) is 16.5. The van der Waals surface area contributed by atoms with Crippen molar-refractivity contribution < 1.29 is 4.79 Å². The monoisotopic (exact) mass is 315 g/mol. The molecule has 1 heterocycles. The number of carbonyl (C=O) groups is 1. The summed E-state index contributed by atoms with van der Waals surface area (Å²) >= 11 is 0. The molecule has 1 aliphatic heterocycles. The molecule has 0 spiro atoms. The number of amides is 1. The minimum atomic E-state index is 0.191. The van der Waals surface area contributed by atoms with Gasteiger partial charge in [0.2, 0.25) is 5.91 Å². The van der Waals surface area contributed by atoms with Gasteiger partial charge in [-0.3, -0.25) is 14.6 Å². The summed E-state index contributed by atoms with van der Waals surface area (Å²) in [4.78, 5) is 16.9. The van der Waals surface area contributed by atoms with Crippen LogP contribution in [0.15, 0.2) is 24.3 Å². The molecule has 0 unspecified atom stereocenters. The van der Waals surface area contributed by atoms with Gasteiger partial charge in [0.15, 0.2) is 0 Å². The number of nitrogens with zero attached hydrogens (tertiary/aromatic N) is 2. The van der Waals surface area contributed by atoms with Crippen LogP contribution in [0.3, 0.4) is 0 Å². The summed E-state index contributed by atoms with van der Waals surface area (Å²) in [5.74, 6) is 0.918. The molecule has 1 aliphatic carbocycles. The summed E-state index contributed by atoms with van der Waals surface area (Å²) in [6.45, 7) is 9.93. The Hall–Kier alpha value is -1.39. The molecule has 126 valence electrons. The third-order valence-electron chi connectivity index (χ3n) is 5.21. The van der Waals surface area contributed by atoms with Crippen LogP contribution < -0.4 is 5.32 Å². The summed E-state index contributed by atoms with van der Waals surface area (Å²) in [6, 6.07) is 8.96. The Labute approximate surface area is 139 Å². The van der Waals surface area contributed by atoms with E-state index >= 15 is 0 Å². The first-order valence-corrected chi connectivity index (χ1v) is 8.90. The Kier molecular flexibility index (Phi) is 5.34. The van der Waals surface area contributed by atoms with Crippen molar-refractivity contribution in [2.45, 2.75) is 39.3 Å². The lowest BCUT2D eigenvalue weighted by Gasteiger charge is -2.34. The second-order valence-electron chi connectivity index (χ2n) is 7.17. The van der Waals surface area contributed by atoms with Crippen LogP contribution in [0, 0.1) is 12.8 Å². The van der Waals surface area contributed by atoms with Crippen LogP contribution in [-0.2, 0) is 11.3 Å². The maximum Gasteiger partial charge on any atom is 0.234 e. The first-order valence-electron chi connectivity index (χ1n) is 8.90. The van der Waals surface area contributed by atoms with E-state index in [1.54, 1.807) is 0 Å². The second kappa shape index (κ2) is 7.45. The molecule has 2 aliphatic rings. The van der Waals surface area contributed by atoms with E-state index in [0.29, 0.717) is 12.6 Å². The van der Waals surface area contributed by atoms with Gasteiger partial charge in [0.1, 0.15) is 0 Å². The summed E-state index contributed by atoms with van der Waals surface area (Å²) in [5.41, 5.74) is 2.78. The molecule has 1 aromatic rings. The van der Waals surface area contributed by atoms with Gasteiger partial charge in [-0.2, -0.15) is 0 Å². The van der Waals surface area contributed by atoms with Gasteiger partial charge >= 0.3 is 0 Å². The molecular weight excluding hydrogens is 286 g/mol. The Balaban J connectivity index is 1.39. The zero-order valence-corrected chi connectivity index (χ0v) is 14.4. The highest BCUT2D eigenvalue weighted by Crippen LogP contribution is 2.32. The molecular formula is C19H29N3O. The Bertz CT molecular complexity index is 533. The topological polar surface area (TPSA) is 35.6 Å². The van der Waals surface area contributed by atoms with E-state index in [1.807, 2.05) is 0 Å². The number of benzene rings is 1. The van der Waals surface area contributed by atoms with Crippen molar-refractivity contribution in [1.82, 2.24) is 15.1 Å². The van der Waals surface area contributed by atoms with Gasteiger partial charge in [0.25, 0.3) is 0 Å². The van der Waals surface area contributed by atoms with Crippen LogP contribution in [-0.4, -0.2) is 54.5 Å². The van der Waals surface area contributed by atoms with Gasteiger partial charge in [-0.15, -0.1) is 0 Å². The molecule has 4 nitrogen and oxygen atoms in total. The lowest BCUT2D eigenvalue weighted by Crippen LogP contribution is -2.50. The molecule has 2 fully saturated rings. The zero-order valence-electron chi connectivity index (χ0n) is 14.4. The summed E-state index contributed by atoms with van der Waals surface area (Å²) in [5, 5.41) is 3.15. The van der Waals surface area contributed by atoms with E-state index in [-0.39, 0.29) is 5.91 Å².